The van der Waals surface area contributed by atoms with Crippen LogP contribution in [-0.4, -0.2) is 22.2 Å². The summed E-state index contributed by atoms with van der Waals surface area (Å²) in [5.74, 6) is -1.73. The van der Waals surface area contributed by atoms with Gasteiger partial charge in [-0.05, 0) is 18.8 Å². The van der Waals surface area contributed by atoms with E-state index in [2.05, 4.69) is 0 Å². The molecule has 1 unspecified atom stereocenters. The van der Waals surface area contributed by atoms with E-state index < -0.39 is 17.4 Å². The Bertz CT molecular complexity index is 245. The van der Waals surface area contributed by atoms with Crippen LogP contribution in [0.3, 0.4) is 0 Å². The Hall–Kier alpha value is -1.06. The molecule has 0 fully saturated rings. The van der Waals surface area contributed by atoms with Crippen LogP contribution in [-0.2, 0) is 9.59 Å². The summed E-state index contributed by atoms with van der Waals surface area (Å²) in [5.41, 5.74) is -0.873. The summed E-state index contributed by atoms with van der Waals surface area (Å²) in [6.45, 7) is 5.75. The fraction of sp³-hybridized carbons (Fsp3) is 0.833. The molecule has 0 aromatic rings. The lowest BCUT2D eigenvalue weighted by atomic mass is 9.68. The first-order valence-corrected chi connectivity index (χ1v) is 5.89. The van der Waals surface area contributed by atoms with E-state index in [0.717, 1.165) is 12.8 Å². The van der Waals surface area contributed by atoms with Crippen LogP contribution in [0.1, 0.15) is 52.9 Å². The molecule has 16 heavy (non-hydrogen) atoms. The molecule has 0 heterocycles. The molecule has 0 amide bonds. The highest BCUT2D eigenvalue weighted by Gasteiger charge is 2.42. The maximum absolute atomic E-state index is 11.4. The summed E-state index contributed by atoms with van der Waals surface area (Å²) in [5, 5.41) is 18.1. The van der Waals surface area contributed by atoms with E-state index in [4.69, 9.17) is 5.11 Å². The first kappa shape index (κ1) is 14.9. The SMILES string of the molecule is CCC(CC)C(CC)(CCC(=O)O)C(=O)O. The fourth-order valence-corrected chi connectivity index (χ4v) is 2.50. The molecule has 4 heteroatoms. The van der Waals surface area contributed by atoms with Gasteiger partial charge in [-0.15, -0.1) is 0 Å². The van der Waals surface area contributed by atoms with Crippen molar-refractivity contribution in [1.29, 1.82) is 0 Å². The second-order valence-electron chi connectivity index (χ2n) is 4.22. The highest BCUT2D eigenvalue weighted by atomic mass is 16.4. The zero-order valence-corrected chi connectivity index (χ0v) is 10.3. The summed E-state index contributed by atoms with van der Waals surface area (Å²) in [6, 6.07) is 0. The first-order chi connectivity index (χ1) is 7.44. The van der Waals surface area contributed by atoms with Gasteiger partial charge in [-0.2, -0.15) is 0 Å². The van der Waals surface area contributed by atoms with Crippen molar-refractivity contribution >= 4 is 11.9 Å². The minimum Gasteiger partial charge on any atom is -0.481 e. The monoisotopic (exact) mass is 230 g/mol. The van der Waals surface area contributed by atoms with Gasteiger partial charge in [0.1, 0.15) is 0 Å². The molecule has 0 spiro atoms. The van der Waals surface area contributed by atoms with Crippen LogP contribution in [0.5, 0.6) is 0 Å². The van der Waals surface area contributed by atoms with E-state index in [1.54, 1.807) is 0 Å². The van der Waals surface area contributed by atoms with Crippen LogP contribution >= 0.6 is 0 Å². The van der Waals surface area contributed by atoms with Crippen LogP contribution in [0, 0.1) is 11.3 Å². The lowest BCUT2D eigenvalue weighted by Crippen LogP contribution is -2.38. The third-order valence-electron chi connectivity index (χ3n) is 3.61. The predicted octanol–water partition coefficient (Wildman–Crippen LogP) is 2.77. The number of carboxylic acid groups (broad SMARTS) is 2. The Kier molecular flexibility index (Phi) is 6.08. The molecule has 0 aliphatic heterocycles. The van der Waals surface area contributed by atoms with Crippen LogP contribution in [0.25, 0.3) is 0 Å². The Morgan fingerprint density at radius 2 is 1.62 bits per heavy atom. The van der Waals surface area contributed by atoms with Crippen LogP contribution < -0.4 is 0 Å². The van der Waals surface area contributed by atoms with Crippen molar-refractivity contribution in [3.8, 4) is 0 Å². The largest absolute Gasteiger partial charge is 0.481 e. The number of carbonyl (C=O) groups is 2. The number of hydrogen-bond acceptors (Lipinski definition) is 2. The lowest BCUT2D eigenvalue weighted by Gasteiger charge is -2.35. The zero-order chi connectivity index (χ0) is 12.8. The summed E-state index contributed by atoms with van der Waals surface area (Å²) in [7, 11) is 0. The maximum atomic E-state index is 11.4. The van der Waals surface area contributed by atoms with E-state index in [1.165, 1.54) is 0 Å². The van der Waals surface area contributed by atoms with Gasteiger partial charge >= 0.3 is 11.9 Å². The van der Waals surface area contributed by atoms with Crippen molar-refractivity contribution in [3.63, 3.8) is 0 Å². The molecule has 2 N–H and O–H groups in total. The second kappa shape index (κ2) is 6.51. The van der Waals surface area contributed by atoms with Gasteiger partial charge in [0.2, 0.25) is 0 Å². The van der Waals surface area contributed by atoms with Gasteiger partial charge in [-0.3, -0.25) is 9.59 Å². The number of hydrogen-bond donors (Lipinski definition) is 2. The highest BCUT2D eigenvalue weighted by molar-refractivity contribution is 5.76. The standard InChI is InChI=1S/C12H22O4/c1-4-9(5-2)12(6-3,11(15)16)8-7-10(13)14/h9H,4-8H2,1-3H3,(H,13,14)(H,15,16). The van der Waals surface area contributed by atoms with Crippen LogP contribution in [0.2, 0.25) is 0 Å². The Morgan fingerprint density at radius 3 is 1.88 bits per heavy atom. The molecule has 94 valence electrons. The lowest BCUT2D eigenvalue weighted by molar-refractivity contribution is -0.155. The molecule has 0 bridgehead atoms. The first-order valence-electron chi connectivity index (χ1n) is 5.89. The molecule has 0 saturated heterocycles. The maximum Gasteiger partial charge on any atom is 0.309 e. The van der Waals surface area contributed by atoms with E-state index in [1.807, 2.05) is 20.8 Å². The molecule has 0 aliphatic rings. The average Bonchev–Trinajstić information content (AvgIpc) is 2.23. The summed E-state index contributed by atoms with van der Waals surface area (Å²) >= 11 is 0. The Morgan fingerprint density at radius 1 is 1.12 bits per heavy atom. The van der Waals surface area contributed by atoms with Gasteiger partial charge in [0, 0.05) is 6.42 Å². The van der Waals surface area contributed by atoms with Gasteiger partial charge < -0.3 is 10.2 Å². The van der Waals surface area contributed by atoms with Crippen molar-refractivity contribution in [3.05, 3.63) is 0 Å². The molecule has 0 aromatic heterocycles. The van der Waals surface area contributed by atoms with Crippen molar-refractivity contribution in [2.45, 2.75) is 52.9 Å². The van der Waals surface area contributed by atoms with Gasteiger partial charge in [0.15, 0.2) is 0 Å². The van der Waals surface area contributed by atoms with Gasteiger partial charge in [-0.1, -0.05) is 33.6 Å². The second-order valence-corrected chi connectivity index (χ2v) is 4.22. The third kappa shape index (κ3) is 3.22. The number of carboxylic acids is 2. The van der Waals surface area contributed by atoms with Gasteiger partial charge in [-0.25, -0.2) is 0 Å². The van der Waals surface area contributed by atoms with Crippen molar-refractivity contribution in [2.75, 3.05) is 0 Å². The normalized spacial score (nSPS) is 14.8. The molecule has 0 saturated carbocycles. The molecule has 0 rings (SSSR count). The smallest absolute Gasteiger partial charge is 0.309 e. The molecule has 0 aromatic carbocycles. The van der Waals surface area contributed by atoms with E-state index in [-0.39, 0.29) is 18.8 Å². The molecule has 4 nitrogen and oxygen atoms in total. The fourth-order valence-electron chi connectivity index (χ4n) is 2.50. The molecular weight excluding hydrogens is 208 g/mol. The van der Waals surface area contributed by atoms with Crippen molar-refractivity contribution in [2.24, 2.45) is 11.3 Å². The summed E-state index contributed by atoms with van der Waals surface area (Å²) in [4.78, 5) is 22.0. The number of rotatable bonds is 8. The van der Waals surface area contributed by atoms with Gasteiger partial charge in [0.05, 0.1) is 5.41 Å². The van der Waals surface area contributed by atoms with Crippen molar-refractivity contribution < 1.29 is 19.8 Å². The highest BCUT2D eigenvalue weighted by Crippen LogP contribution is 2.40. The Balaban J connectivity index is 4.97. The van der Waals surface area contributed by atoms with E-state index in [9.17, 15) is 14.7 Å². The van der Waals surface area contributed by atoms with Crippen molar-refractivity contribution in [1.82, 2.24) is 0 Å². The minimum absolute atomic E-state index is 0.0503. The summed E-state index contributed by atoms with van der Waals surface area (Å²) in [6.07, 6.45) is 2.19. The molecular formula is C12H22O4. The molecule has 0 radical (unpaired) electrons. The van der Waals surface area contributed by atoms with Crippen LogP contribution in [0.15, 0.2) is 0 Å². The average molecular weight is 230 g/mol. The molecule has 0 aliphatic carbocycles. The summed E-state index contributed by atoms with van der Waals surface area (Å²) < 4.78 is 0. The van der Waals surface area contributed by atoms with Gasteiger partial charge in [0.25, 0.3) is 0 Å². The van der Waals surface area contributed by atoms with Crippen LogP contribution in [0.4, 0.5) is 0 Å². The topological polar surface area (TPSA) is 74.6 Å². The van der Waals surface area contributed by atoms with E-state index in [0.29, 0.717) is 6.42 Å². The quantitative estimate of drug-likeness (QED) is 0.672. The zero-order valence-electron chi connectivity index (χ0n) is 10.3. The predicted molar refractivity (Wildman–Crippen MR) is 61.3 cm³/mol. The molecule has 1 atom stereocenters. The Labute approximate surface area is 96.7 Å². The minimum atomic E-state index is -0.926. The van der Waals surface area contributed by atoms with E-state index >= 15 is 0 Å². The number of aliphatic carboxylic acids is 2. The third-order valence-corrected chi connectivity index (χ3v) is 3.61.